The van der Waals surface area contributed by atoms with Crippen LogP contribution in [0, 0.1) is 17.8 Å². The van der Waals surface area contributed by atoms with Crippen LogP contribution < -0.4 is 0 Å². The molecule has 26 heavy (non-hydrogen) atoms. The Morgan fingerprint density at radius 2 is 1.96 bits per heavy atom. The van der Waals surface area contributed by atoms with Crippen LogP contribution in [0.4, 0.5) is 13.2 Å². The van der Waals surface area contributed by atoms with Crippen molar-refractivity contribution in [2.24, 2.45) is 17.8 Å². The molecule has 0 bridgehead atoms. The van der Waals surface area contributed by atoms with Crippen LogP contribution in [0.2, 0.25) is 0 Å². The Hall–Kier alpha value is -1.26. The van der Waals surface area contributed by atoms with Crippen molar-refractivity contribution in [3.8, 4) is 0 Å². The van der Waals surface area contributed by atoms with E-state index in [0.29, 0.717) is 24.7 Å². The molecule has 1 aliphatic rings. The van der Waals surface area contributed by atoms with E-state index >= 15 is 0 Å². The first-order valence-electron chi connectivity index (χ1n) is 9.94. The number of carbonyl (C=O) groups is 1. The van der Waals surface area contributed by atoms with Crippen molar-refractivity contribution < 1.29 is 23.1 Å². The van der Waals surface area contributed by atoms with Gasteiger partial charge in [-0.1, -0.05) is 50.5 Å². The number of unbranched alkanes of at least 4 members (excludes halogenated alkanes) is 2. The van der Waals surface area contributed by atoms with Gasteiger partial charge in [-0.05, 0) is 56.8 Å². The molecule has 150 valence electrons. The summed E-state index contributed by atoms with van der Waals surface area (Å²) in [6, 6.07) is 0. The average molecular weight is 374 g/mol. The number of halogens is 3. The Morgan fingerprint density at radius 1 is 1.19 bits per heavy atom. The summed E-state index contributed by atoms with van der Waals surface area (Å²) < 4.78 is 39.2. The predicted octanol–water partition coefficient (Wildman–Crippen LogP) is 6.92. The van der Waals surface area contributed by atoms with Crippen LogP contribution in [0.3, 0.4) is 0 Å². The minimum Gasteiger partial charge on any atom is -0.481 e. The number of aliphatic carboxylic acids is 1. The monoisotopic (exact) mass is 374 g/mol. The van der Waals surface area contributed by atoms with Crippen molar-refractivity contribution in [1.82, 2.24) is 0 Å². The highest BCUT2D eigenvalue weighted by atomic mass is 19.4. The van der Waals surface area contributed by atoms with Crippen molar-refractivity contribution >= 4 is 5.97 Å². The summed E-state index contributed by atoms with van der Waals surface area (Å²) in [7, 11) is 0. The number of hydrogen-bond donors (Lipinski definition) is 1. The third-order valence-corrected chi connectivity index (χ3v) is 5.26. The first-order chi connectivity index (χ1) is 12.3. The molecule has 0 aliphatic heterocycles. The zero-order valence-corrected chi connectivity index (χ0v) is 15.8. The Morgan fingerprint density at radius 3 is 2.62 bits per heavy atom. The SMILES string of the molecule is CCCCC(CC=C[C@H]1CCC[C@@H]1CC=CCCCC(=O)O)C(F)(F)F. The fourth-order valence-electron chi connectivity index (χ4n) is 3.65. The second kappa shape index (κ2) is 12.2. The van der Waals surface area contributed by atoms with E-state index in [-0.39, 0.29) is 19.3 Å². The van der Waals surface area contributed by atoms with Gasteiger partial charge in [0.05, 0.1) is 5.92 Å². The highest BCUT2D eigenvalue weighted by Gasteiger charge is 2.37. The first-order valence-corrected chi connectivity index (χ1v) is 9.94. The molecule has 3 atom stereocenters. The zero-order chi connectivity index (χ0) is 19.4. The lowest BCUT2D eigenvalue weighted by atomic mass is 9.90. The Labute approximate surface area is 155 Å². The fourth-order valence-corrected chi connectivity index (χ4v) is 3.65. The average Bonchev–Trinajstić information content (AvgIpc) is 3.00. The van der Waals surface area contributed by atoms with Gasteiger partial charge in [0.25, 0.3) is 0 Å². The van der Waals surface area contributed by atoms with Crippen LogP contribution in [-0.4, -0.2) is 17.3 Å². The molecule has 0 aromatic carbocycles. The lowest BCUT2D eigenvalue weighted by molar-refractivity contribution is -0.175. The van der Waals surface area contributed by atoms with Gasteiger partial charge in [-0.15, -0.1) is 0 Å². The Bertz CT molecular complexity index is 455. The topological polar surface area (TPSA) is 37.3 Å². The second-order valence-electron chi connectivity index (χ2n) is 7.39. The van der Waals surface area contributed by atoms with E-state index in [1.165, 1.54) is 0 Å². The van der Waals surface area contributed by atoms with Crippen LogP contribution >= 0.6 is 0 Å². The number of hydrogen-bond acceptors (Lipinski definition) is 1. The summed E-state index contributed by atoms with van der Waals surface area (Å²) in [6.45, 7) is 1.92. The van der Waals surface area contributed by atoms with Crippen LogP contribution in [0.5, 0.6) is 0 Å². The highest BCUT2D eigenvalue weighted by molar-refractivity contribution is 5.66. The lowest BCUT2D eigenvalue weighted by Gasteiger charge is -2.19. The molecule has 0 aromatic heterocycles. The summed E-state index contributed by atoms with van der Waals surface area (Å²) in [6.07, 6.45) is 11.4. The van der Waals surface area contributed by atoms with Gasteiger partial charge >= 0.3 is 12.1 Å². The van der Waals surface area contributed by atoms with Crippen molar-refractivity contribution in [2.45, 2.75) is 83.7 Å². The summed E-state index contributed by atoms with van der Waals surface area (Å²) >= 11 is 0. The maximum atomic E-state index is 13.1. The first kappa shape index (κ1) is 22.8. The van der Waals surface area contributed by atoms with Gasteiger partial charge in [-0.25, -0.2) is 0 Å². The van der Waals surface area contributed by atoms with Gasteiger partial charge in [-0.3, -0.25) is 4.79 Å². The summed E-state index contributed by atoms with van der Waals surface area (Å²) in [5, 5.41) is 8.59. The lowest BCUT2D eigenvalue weighted by Crippen LogP contribution is -2.22. The molecule has 0 radical (unpaired) electrons. The molecule has 2 nitrogen and oxygen atoms in total. The molecule has 1 unspecified atom stereocenters. The Balaban J connectivity index is 2.40. The molecule has 1 aliphatic carbocycles. The van der Waals surface area contributed by atoms with Gasteiger partial charge in [0, 0.05) is 6.42 Å². The van der Waals surface area contributed by atoms with E-state index in [1.54, 1.807) is 6.08 Å². The molecule has 1 saturated carbocycles. The quantitative estimate of drug-likeness (QED) is 0.297. The van der Waals surface area contributed by atoms with Gasteiger partial charge in [0.1, 0.15) is 0 Å². The van der Waals surface area contributed by atoms with E-state index in [0.717, 1.165) is 38.5 Å². The van der Waals surface area contributed by atoms with Crippen LogP contribution in [0.15, 0.2) is 24.3 Å². The molecule has 5 heteroatoms. The van der Waals surface area contributed by atoms with E-state index in [9.17, 15) is 18.0 Å². The van der Waals surface area contributed by atoms with Gasteiger partial charge < -0.3 is 5.11 Å². The molecule has 0 heterocycles. The second-order valence-corrected chi connectivity index (χ2v) is 7.39. The van der Waals surface area contributed by atoms with Gasteiger partial charge in [0.2, 0.25) is 0 Å². The number of carboxylic acids is 1. The van der Waals surface area contributed by atoms with E-state index in [4.69, 9.17) is 5.11 Å². The minimum atomic E-state index is -4.10. The highest BCUT2D eigenvalue weighted by Crippen LogP contribution is 2.37. The van der Waals surface area contributed by atoms with Crippen LogP contribution in [-0.2, 0) is 4.79 Å². The number of alkyl halides is 3. The zero-order valence-electron chi connectivity index (χ0n) is 15.8. The smallest absolute Gasteiger partial charge is 0.392 e. The molecule has 0 aromatic rings. The van der Waals surface area contributed by atoms with Crippen LogP contribution in [0.25, 0.3) is 0 Å². The molecule has 0 amide bonds. The van der Waals surface area contributed by atoms with Gasteiger partial charge in [-0.2, -0.15) is 13.2 Å². The maximum Gasteiger partial charge on any atom is 0.392 e. The molecule has 1 N–H and O–H groups in total. The van der Waals surface area contributed by atoms with Crippen LogP contribution in [0.1, 0.15) is 77.6 Å². The van der Waals surface area contributed by atoms with Gasteiger partial charge in [0.15, 0.2) is 0 Å². The molecular formula is C21H33F3O2. The number of rotatable bonds is 12. The third kappa shape index (κ3) is 9.44. The standard InChI is InChI=1S/C21H33F3O2/c1-2-3-14-19(21(22,23)24)15-9-13-18-12-8-11-17(18)10-6-4-5-7-16-20(25)26/h4,6,9,13,17-19H,2-3,5,7-8,10-12,14-16H2,1H3,(H,25,26)/t17-,18+,19?/m0/s1. The minimum absolute atomic E-state index is 0.0950. The molecule has 0 saturated heterocycles. The third-order valence-electron chi connectivity index (χ3n) is 5.26. The number of allylic oxidation sites excluding steroid dienone is 4. The van der Waals surface area contributed by atoms with Crippen molar-refractivity contribution in [3.05, 3.63) is 24.3 Å². The fraction of sp³-hybridized carbons (Fsp3) is 0.762. The maximum absolute atomic E-state index is 13.1. The summed E-state index contributed by atoms with van der Waals surface area (Å²) in [4.78, 5) is 10.5. The molecule has 0 spiro atoms. The van der Waals surface area contributed by atoms with E-state index in [2.05, 4.69) is 6.08 Å². The Kier molecular flexibility index (Phi) is 10.7. The largest absolute Gasteiger partial charge is 0.481 e. The van der Waals surface area contributed by atoms with Crippen molar-refractivity contribution in [2.75, 3.05) is 0 Å². The van der Waals surface area contributed by atoms with Crippen molar-refractivity contribution in [3.63, 3.8) is 0 Å². The molecular weight excluding hydrogens is 341 g/mol. The predicted molar refractivity (Wildman–Crippen MR) is 98.9 cm³/mol. The number of carboxylic acid groups (broad SMARTS) is 1. The normalized spacial score (nSPS) is 22.5. The molecule has 1 fully saturated rings. The summed E-state index contributed by atoms with van der Waals surface area (Å²) in [5.74, 6) is -1.11. The summed E-state index contributed by atoms with van der Waals surface area (Å²) in [5.41, 5.74) is 0. The van der Waals surface area contributed by atoms with E-state index in [1.807, 2.05) is 19.1 Å². The van der Waals surface area contributed by atoms with E-state index < -0.39 is 18.1 Å². The van der Waals surface area contributed by atoms with Crippen molar-refractivity contribution in [1.29, 1.82) is 0 Å². The molecule has 1 rings (SSSR count).